The standard InChI is InChI=1S/C15H16N2O3/c1-16(13-7-9-15(20-2)10-8-13)11-12-3-5-14(6-4-12)17(18)19/h3-10H,11H2,1-2H3. The Bertz CT molecular complexity index is 579. The van der Waals surface area contributed by atoms with Crippen LogP contribution in [0.15, 0.2) is 48.5 Å². The lowest BCUT2D eigenvalue weighted by atomic mass is 10.2. The molecule has 0 amide bonds. The molecule has 0 atom stereocenters. The Kier molecular flexibility index (Phi) is 4.20. The van der Waals surface area contributed by atoms with Crippen LogP contribution in [0, 0.1) is 10.1 Å². The lowest BCUT2D eigenvalue weighted by Crippen LogP contribution is -2.16. The number of benzene rings is 2. The van der Waals surface area contributed by atoms with Crippen LogP contribution in [-0.2, 0) is 6.54 Å². The van der Waals surface area contributed by atoms with E-state index in [9.17, 15) is 10.1 Å². The summed E-state index contributed by atoms with van der Waals surface area (Å²) >= 11 is 0. The summed E-state index contributed by atoms with van der Waals surface area (Å²) in [5.41, 5.74) is 2.19. The molecule has 0 saturated carbocycles. The summed E-state index contributed by atoms with van der Waals surface area (Å²) in [4.78, 5) is 12.3. The Labute approximate surface area is 117 Å². The first kappa shape index (κ1) is 13.9. The molecule has 0 N–H and O–H groups in total. The molecule has 104 valence electrons. The van der Waals surface area contributed by atoms with E-state index in [1.165, 1.54) is 12.1 Å². The van der Waals surface area contributed by atoms with Gasteiger partial charge in [-0.3, -0.25) is 10.1 Å². The van der Waals surface area contributed by atoms with Gasteiger partial charge < -0.3 is 9.64 Å². The Morgan fingerprint density at radius 2 is 1.70 bits per heavy atom. The van der Waals surface area contributed by atoms with Gasteiger partial charge in [-0.2, -0.15) is 0 Å². The third-order valence-corrected chi connectivity index (χ3v) is 3.08. The maximum absolute atomic E-state index is 10.6. The van der Waals surface area contributed by atoms with Crippen LogP contribution in [0.25, 0.3) is 0 Å². The molecule has 2 aromatic carbocycles. The van der Waals surface area contributed by atoms with Crippen molar-refractivity contribution in [3.63, 3.8) is 0 Å². The van der Waals surface area contributed by atoms with Crippen LogP contribution in [0.1, 0.15) is 5.56 Å². The zero-order chi connectivity index (χ0) is 14.5. The SMILES string of the molecule is COc1ccc(N(C)Cc2ccc([N+](=O)[O-])cc2)cc1. The first-order valence-electron chi connectivity index (χ1n) is 6.18. The number of anilines is 1. The molecule has 0 saturated heterocycles. The molecule has 20 heavy (non-hydrogen) atoms. The molecule has 0 unspecified atom stereocenters. The van der Waals surface area contributed by atoms with Crippen molar-refractivity contribution in [3.8, 4) is 5.75 Å². The van der Waals surface area contributed by atoms with Crippen molar-refractivity contribution in [2.24, 2.45) is 0 Å². The molecule has 2 rings (SSSR count). The summed E-state index contributed by atoms with van der Waals surface area (Å²) in [6.07, 6.45) is 0. The number of non-ortho nitro benzene ring substituents is 1. The van der Waals surface area contributed by atoms with E-state index in [-0.39, 0.29) is 5.69 Å². The summed E-state index contributed by atoms with van der Waals surface area (Å²) in [7, 11) is 3.61. The van der Waals surface area contributed by atoms with Crippen LogP contribution < -0.4 is 9.64 Å². The lowest BCUT2D eigenvalue weighted by Gasteiger charge is -2.19. The van der Waals surface area contributed by atoms with Crippen LogP contribution in [-0.4, -0.2) is 19.1 Å². The molecule has 0 aromatic heterocycles. The third-order valence-electron chi connectivity index (χ3n) is 3.08. The zero-order valence-corrected chi connectivity index (χ0v) is 11.4. The monoisotopic (exact) mass is 272 g/mol. The average molecular weight is 272 g/mol. The smallest absolute Gasteiger partial charge is 0.269 e. The van der Waals surface area contributed by atoms with Gasteiger partial charge in [-0.05, 0) is 29.8 Å². The molecule has 5 nitrogen and oxygen atoms in total. The molecule has 0 aliphatic rings. The normalized spacial score (nSPS) is 10.1. The van der Waals surface area contributed by atoms with Gasteiger partial charge in [0.05, 0.1) is 12.0 Å². The fourth-order valence-electron chi connectivity index (χ4n) is 1.92. The van der Waals surface area contributed by atoms with Gasteiger partial charge in [-0.15, -0.1) is 0 Å². The highest BCUT2D eigenvalue weighted by atomic mass is 16.6. The van der Waals surface area contributed by atoms with Crippen LogP contribution in [0.4, 0.5) is 11.4 Å². The minimum absolute atomic E-state index is 0.112. The molecule has 0 spiro atoms. The van der Waals surface area contributed by atoms with E-state index in [4.69, 9.17) is 4.74 Å². The highest BCUT2D eigenvalue weighted by molar-refractivity contribution is 5.49. The second kappa shape index (κ2) is 6.06. The van der Waals surface area contributed by atoms with E-state index >= 15 is 0 Å². The Hall–Kier alpha value is -2.56. The molecule has 5 heteroatoms. The summed E-state index contributed by atoms with van der Waals surface area (Å²) < 4.78 is 5.12. The van der Waals surface area contributed by atoms with Gasteiger partial charge in [-0.1, -0.05) is 12.1 Å². The molecule has 0 radical (unpaired) electrons. The topological polar surface area (TPSA) is 55.6 Å². The van der Waals surface area contributed by atoms with Crippen molar-refractivity contribution in [1.82, 2.24) is 0 Å². The summed E-state index contributed by atoms with van der Waals surface area (Å²) in [6.45, 7) is 0.685. The Morgan fingerprint density at radius 3 is 2.20 bits per heavy atom. The number of nitro benzene ring substituents is 1. The van der Waals surface area contributed by atoms with Crippen molar-refractivity contribution in [2.75, 3.05) is 19.1 Å². The van der Waals surface area contributed by atoms with Crippen LogP contribution in [0.5, 0.6) is 5.75 Å². The quantitative estimate of drug-likeness (QED) is 0.619. The molecule has 0 aliphatic heterocycles. The lowest BCUT2D eigenvalue weighted by molar-refractivity contribution is -0.384. The van der Waals surface area contributed by atoms with E-state index in [0.717, 1.165) is 17.0 Å². The summed E-state index contributed by atoms with van der Waals surface area (Å²) in [6, 6.07) is 14.4. The number of ether oxygens (including phenoxy) is 1. The minimum atomic E-state index is -0.392. The van der Waals surface area contributed by atoms with Crippen molar-refractivity contribution < 1.29 is 9.66 Å². The van der Waals surface area contributed by atoms with E-state index in [1.54, 1.807) is 19.2 Å². The number of rotatable bonds is 5. The fraction of sp³-hybridized carbons (Fsp3) is 0.200. The fourth-order valence-corrected chi connectivity index (χ4v) is 1.92. The largest absolute Gasteiger partial charge is 0.497 e. The van der Waals surface area contributed by atoms with E-state index in [1.807, 2.05) is 31.3 Å². The number of nitro groups is 1. The van der Waals surface area contributed by atoms with Gasteiger partial charge in [0.15, 0.2) is 0 Å². The predicted octanol–water partition coefficient (Wildman–Crippen LogP) is 3.24. The van der Waals surface area contributed by atoms with Crippen LogP contribution in [0.3, 0.4) is 0 Å². The van der Waals surface area contributed by atoms with Gasteiger partial charge in [0.2, 0.25) is 0 Å². The second-order valence-corrected chi connectivity index (χ2v) is 4.48. The minimum Gasteiger partial charge on any atom is -0.497 e. The van der Waals surface area contributed by atoms with Crippen LogP contribution >= 0.6 is 0 Å². The van der Waals surface area contributed by atoms with Gasteiger partial charge in [0.1, 0.15) is 5.75 Å². The van der Waals surface area contributed by atoms with Crippen molar-refractivity contribution in [2.45, 2.75) is 6.54 Å². The van der Waals surface area contributed by atoms with E-state index < -0.39 is 4.92 Å². The number of nitrogens with zero attached hydrogens (tertiary/aromatic N) is 2. The number of hydrogen-bond acceptors (Lipinski definition) is 4. The third kappa shape index (κ3) is 3.26. The zero-order valence-electron chi connectivity index (χ0n) is 11.4. The molecule has 0 fully saturated rings. The average Bonchev–Trinajstić information content (AvgIpc) is 2.48. The van der Waals surface area contributed by atoms with Crippen molar-refractivity contribution in [1.29, 1.82) is 0 Å². The van der Waals surface area contributed by atoms with Gasteiger partial charge in [0.25, 0.3) is 5.69 Å². The van der Waals surface area contributed by atoms with Gasteiger partial charge in [0, 0.05) is 31.4 Å². The molecule has 0 bridgehead atoms. The van der Waals surface area contributed by atoms with Gasteiger partial charge in [-0.25, -0.2) is 0 Å². The molecular formula is C15H16N2O3. The summed E-state index contributed by atoms with van der Waals surface area (Å²) in [5, 5.41) is 10.6. The maximum atomic E-state index is 10.6. The van der Waals surface area contributed by atoms with E-state index in [2.05, 4.69) is 4.90 Å². The Balaban J connectivity index is 2.06. The second-order valence-electron chi connectivity index (χ2n) is 4.48. The van der Waals surface area contributed by atoms with Gasteiger partial charge >= 0.3 is 0 Å². The highest BCUT2D eigenvalue weighted by Crippen LogP contribution is 2.20. The summed E-state index contributed by atoms with van der Waals surface area (Å²) in [5.74, 6) is 0.817. The van der Waals surface area contributed by atoms with Crippen molar-refractivity contribution in [3.05, 3.63) is 64.2 Å². The number of hydrogen-bond donors (Lipinski definition) is 0. The Morgan fingerprint density at radius 1 is 1.10 bits per heavy atom. The molecule has 0 heterocycles. The first-order chi connectivity index (χ1) is 9.60. The van der Waals surface area contributed by atoms with Crippen LogP contribution in [0.2, 0.25) is 0 Å². The predicted molar refractivity (Wildman–Crippen MR) is 78.2 cm³/mol. The van der Waals surface area contributed by atoms with Crippen molar-refractivity contribution >= 4 is 11.4 Å². The van der Waals surface area contributed by atoms with E-state index in [0.29, 0.717) is 6.54 Å². The molecule has 0 aliphatic carbocycles. The highest BCUT2D eigenvalue weighted by Gasteiger charge is 2.06. The molecular weight excluding hydrogens is 256 g/mol. The molecule has 2 aromatic rings. The maximum Gasteiger partial charge on any atom is 0.269 e. The first-order valence-corrected chi connectivity index (χ1v) is 6.18. The number of methoxy groups -OCH3 is 1.